The van der Waals surface area contributed by atoms with Crippen molar-refractivity contribution in [2.75, 3.05) is 0 Å². The second-order valence-electron chi connectivity index (χ2n) is 4.38. The number of non-ortho nitro benzene ring substituents is 1. The highest BCUT2D eigenvalue weighted by atomic mass is 32.2. The van der Waals surface area contributed by atoms with Gasteiger partial charge in [0.25, 0.3) is 10.9 Å². The van der Waals surface area contributed by atoms with Crippen LogP contribution in [-0.2, 0) is 0 Å². The fourth-order valence-corrected chi connectivity index (χ4v) is 3.40. The number of para-hydroxylation sites is 2. The molecular weight excluding hydrogens is 324 g/mol. The summed E-state index contributed by atoms with van der Waals surface area (Å²) in [7, 11) is 0. The molecule has 0 aliphatic heterocycles. The second kappa shape index (κ2) is 5.04. The number of rotatable bonds is 3. The van der Waals surface area contributed by atoms with Crippen molar-refractivity contribution in [3.8, 4) is 0 Å². The van der Waals surface area contributed by atoms with Crippen LogP contribution in [0.3, 0.4) is 0 Å². The van der Waals surface area contributed by atoms with Gasteiger partial charge in [-0.2, -0.15) is 8.75 Å². The first-order valence-corrected chi connectivity index (χ1v) is 7.69. The molecule has 0 aliphatic carbocycles. The summed E-state index contributed by atoms with van der Waals surface area (Å²) in [6.07, 6.45) is 0. The number of hydrogen-bond acceptors (Lipinski definition) is 8. The fourth-order valence-electron chi connectivity index (χ4n) is 2.04. The molecule has 4 aromatic rings. The Kier molecular flexibility index (Phi) is 3.01. The minimum atomic E-state index is -0.458. The lowest BCUT2D eigenvalue weighted by Crippen LogP contribution is -1.90. The molecular formula is C13H6N4O3S2. The maximum absolute atomic E-state index is 11.2. The molecule has 4 rings (SSSR count). The Morgan fingerprint density at radius 1 is 1.18 bits per heavy atom. The molecule has 0 saturated carbocycles. The van der Waals surface area contributed by atoms with Crippen LogP contribution in [0.1, 0.15) is 0 Å². The van der Waals surface area contributed by atoms with Gasteiger partial charge in [-0.05, 0) is 30.0 Å². The average Bonchev–Trinajstić information content (AvgIpc) is 3.11. The number of benzene rings is 2. The monoisotopic (exact) mass is 330 g/mol. The van der Waals surface area contributed by atoms with E-state index < -0.39 is 4.92 Å². The SMILES string of the molecule is O=[N+]([O-])c1cc(Sc2nc3ccccc3o2)cc2nsnc12. The topological polar surface area (TPSA) is 95.0 Å². The minimum Gasteiger partial charge on any atom is -0.431 e. The molecule has 22 heavy (non-hydrogen) atoms. The van der Waals surface area contributed by atoms with Gasteiger partial charge in [-0.25, -0.2) is 4.98 Å². The van der Waals surface area contributed by atoms with Crippen LogP contribution in [-0.4, -0.2) is 18.7 Å². The van der Waals surface area contributed by atoms with E-state index in [1.807, 2.05) is 24.3 Å². The summed E-state index contributed by atoms with van der Waals surface area (Å²) < 4.78 is 13.6. The zero-order valence-corrected chi connectivity index (χ0v) is 12.4. The van der Waals surface area contributed by atoms with Crippen LogP contribution in [0, 0.1) is 10.1 Å². The molecule has 0 aliphatic rings. The van der Waals surface area contributed by atoms with Crippen molar-refractivity contribution in [1.29, 1.82) is 0 Å². The van der Waals surface area contributed by atoms with E-state index in [4.69, 9.17) is 4.42 Å². The Labute approximate surface area is 131 Å². The summed E-state index contributed by atoms with van der Waals surface area (Å²) in [5.41, 5.74) is 2.16. The summed E-state index contributed by atoms with van der Waals surface area (Å²) in [6, 6.07) is 10.6. The van der Waals surface area contributed by atoms with Gasteiger partial charge in [0, 0.05) is 11.0 Å². The van der Waals surface area contributed by atoms with Gasteiger partial charge < -0.3 is 4.42 Å². The third-order valence-electron chi connectivity index (χ3n) is 2.99. The second-order valence-corrected chi connectivity index (χ2v) is 5.93. The molecule has 0 bridgehead atoms. The Bertz CT molecular complexity index is 978. The van der Waals surface area contributed by atoms with E-state index in [1.165, 1.54) is 17.8 Å². The fraction of sp³-hybridized carbons (Fsp3) is 0. The average molecular weight is 330 g/mol. The maximum atomic E-state index is 11.2. The molecule has 2 aromatic heterocycles. The molecule has 0 amide bonds. The number of nitrogens with zero attached hydrogens (tertiary/aromatic N) is 4. The van der Waals surface area contributed by atoms with Crippen LogP contribution in [0.15, 0.2) is 50.9 Å². The van der Waals surface area contributed by atoms with Crippen molar-refractivity contribution in [3.63, 3.8) is 0 Å². The van der Waals surface area contributed by atoms with Crippen LogP contribution >= 0.6 is 23.5 Å². The number of nitro benzene ring substituents is 1. The van der Waals surface area contributed by atoms with Crippen LogP contribution in [0.2, 0.25) is 0 Å². The van der Waals surface area contributed by atoms with Crippen molar-refractivity contribution in [3.05, 3.63) is 46.5 Å². The molecule has 108 valence electrons. The third-order valence-corrected chi connectivity index (χ3v) is 4.35. The van der Waals surface area contributed by atoms with Gasteiger partial charge in [-0.15, -0.1) is 0 Å². The molecule has 0 fully saturated rings. The van der Waals surface area contributed by atoms with Crippen molar-refractivity contribution in [1.82, 2.24) is 13.7 Å². The summed E-state index contributed by atoms with van der Waals surface area (Å²) >= 11 is 2.17. The Morgan fingerprint density at radius 3 is 2.86 bits per heavy atom. The van der Waals surface area contributed by atoms with Gasteiger partial charge in [0.1, 0.15) is 11.0 Å². The highest BCUT2D eigenvalue weighted by Crippen LogP contribution is 2.35. The number of aromatic nitrogens is 3. The van der Waals surface area contributed by atoms with Gasteiger partial charge >= 0.3 is 0 Å². The summed E-state index contributed by atoms with van der Waals surface area (Å²) in [5, 5.41) is 11.6. The molecule has 2 aromatic carbocycles. The van der Waals surface area contributed by atoms with Crippen molar-refractivity contribution < 1.29 is 9.34 Å². The van der Waals surface area contributed by atoms with E-state index in [0.29, 0.717) is 26.7 Å². The van der Waals surface area contributed by atoms with Crippen molar-refractivity contribution in [2.45, 2.75) is 10.1 Å². The zero-order valence-electron chi connectivity index (χ0n) is 10.8. The van der Waals surface area contributed by atoms with Crippen LogP contribution in [0.25, 0.3) is 22.1 Å². The molecule has 0 saturated heterocycles. The van der Waals surface area contributed by atoms with E-state index in [0.717, 1.165) is 17.2 Å². The number of fused-ring (bicyclic) bond motifs is 2. The summed E-state index contributed by atoms with van der Waals surface area (Å²) in [6.45, 7) is 0. The summed E-state index contributed by atoms with van der Waals surface area (Å²) in [5.74, 6) is 0. The van der Waals surface area contributed by atoms with Crippen LogP contribution in [0.4, 0.5) is 5.69 Å². The molecule has 0 spiro atoms. The number of nitro groups is 1. The van der Waals surface area contributed by atoms with Crippen LogP contribution in [0.5, 0.6) is 0 Å². The highest BCUT2D eigenvalue weighted by molar-refractivity contribution is 7.99. The van der Waals surface area contributed by atoms with Gasteiger partial charge in [0.15, 0.2) is 11.1 Å². The largest absolute Gasteiger partial charge is 0.431 e. The predicted molar refractivity (Wildman–Crippen MR) is 82.2 cm³/mol. The van der Waals surface area contributed by atoms with E-state index in [1.54, 1.807) is 6.07 Å². The van der Waals surface area contributed by atoms with Crippen molar-refractivity contribution >= 4 is 51.3 Å². The Morgan fingerprint density at radius 2 is 2.05 bits per heavy atom. The standard InChI is InChI=1S/C13H6N4O3S2/c18-17(19)10-6-7(5-9-12(10)16-22-15-9)21-13-14-8-3-1-2-4-11(8)20-13/h1-6H. The van der Waals surface area contributed by atoms with Gasteiger partial charge in [-0.1, -0.05) is 12.1 Å². The normalized spacial score (nSPS) is 11.3. The van der Waals surface area contributed by atoms with Crippen LogP contribution < -0.4 is 0 Å². The van der Waals surface area contributed by atoms with E-state index in [2.05, 4.69) is 13.7 Å². The predicted octanol–water partition coefficient (Wildman–Crippen LogP) is 3.89. The lowest BCUT2D eigenvalue weighted by atomic mass is 10.3. The first kappa shape index (κ1) is 13.2. The van der Waals surface area contributed by atoms with E-state index in [9.17, 15) is 10.1 Å². The Balaban J connectivity index is 1.78. The highest BCUT2D eigenvalue weighted by Gasteiger charge is 2.19. The van der Waals surface area contributed by atoms with E-state index in [-0.39, 0.29) is 5.69 Å². The molecule has 0 unspecified atom stereocenters. The molecule has 0 radical (unpaired) electrons. The third kappa shape index (κ3) is 2.20. The maximum Gasteiger partial charge on any atom is 0.299 e. The lowest BCUT2D eigenvalue weighted by Gasteiger charge is -1.98. The molecule has 9 heteroatoms. The van der Waals surface area contributed by atoms with E-state index >= 15 is 0 Å². The number of oxazole rings is 1. The molecule has 2 heterocycles. The minimum absolute atomic E-state index is 0.0649. The quantitative estimate of drug-likeness (QED) is 0.415. The summed E-state index contributed by atoms with van der Waals surface area (Å²) in [4.78, 5) is 15.7. The Hall–Kier alpha value is -2.52. The smallest absolute Gasteiger partial charge is 0.299 e. The first-order valence-electron chi connectivity index (χ1n) is 6.15. The van der Waals surface area contributed by atoms with Gasteiger partial charge in [-0.3, -0.25) is 10.1 Å². The molecule has 7 nitrogen and oxygen atoms in total. The lowest BCUT2D eigenvalue weighted by molar-refractivity contribution is -0.383. The number of hydrogen-bond donors (Lipinski definition) is 0. The molecule has 0 atom stereocenters. The zero-order chi connectivity index (χ0) is 15.1. The first-order chi connectivity index (χ1) is 10.7. The van der Waals surface area contributed by atoms with Gasteiger partial charge in [0.2, 0.25) is 0 Å². The van der Waals surface area contributed by atoms with Gasteiger partial charge in [0.05, 0.1) is 16.7 Å². The van der Waals surface area contributed by atoms with Crippen molar-refractivity contribution in [2.24, 2.45) is 0 Å². The molecule has 0 N–H and O–H groups in total.